The Morgan fingerprint density at radius 1 is 1.13 bits per heavy atom. The number of aryl methyl sites for hydroxylation is 2. The number of Topliss-reactive ketones (excluding diaryl/α,β-unsaturated/α-hetero) is 1. The van der Waals surface area contributed by atoms with Gasteiger partial charge in [0.1, 0.15) is 17.4 Å². The maximum Gasteiger partial charge on any atom is 0.137 e. The van der Waals surface area contributed by atoms with Crippen LogP contribution >= 0.6 is 11.6 Å². The molecule has 1 aromatic carbocycles. The lowest BCUT2D eigenvalue weighted by Gasteiger charge is -2.33. The van der Waals surface area contributed by atoms with E-state index in [9.17, 15) is 4.79 Å². The first kappa shape index (κ1) is 21.5. The maximum absolute atomic E-state index is 12.6. The topological polar surface area (TPSA) is 47.8 Å². The molecule has 0 radical (unpaired) electrons. The molecule has 0 N–H and O–H groups in total. The summed E-state index contributed by atoms with van der Waals surface area (Å²) in [6, 6.07) is 6.34. The first-order chi connectivity index (χ1) is 14.5. The molecule has 4 nitrogen and oxygen atoms in total. The molecule has 162 valence electrons. The zero-order valence-electron chi connectivity index (χ0n) is 18.4. The first-order valence-electron chi connectivity index (χ1n) is 11.6. The molecule has 2 aliphatic rings. The summed E-state index contributed by atoms with van der Waals surface area (Å²) in [4.78, 5) is 12.6. The minimum atomic E-state index is 0.238. The molecule has 0 aliphatic heterocycles. The van der Waals surface area contributed by atoms with Crippen molar-refractivity contribution in [1.29, 1.82) is 0 Å². The normalized spacial score (nSPS) is 18.5. The molecule has 0 spiro atoms. The standard InChI is InChI=1S/C25H34ClN3O/c1-18-19(7-6-8-22(18)26)17-21(30)11-12-23-27-28-24(29(23)20-9-10-20)13-16-25(2)14-4-3-5-15-25/h6-8,20H,3-5,9-17H2,1-2H3. The summed E-state index contributed by atoms with van der Waals surface area (Å²) in [6.45, 7) is 4.43. The van der Waals surface area contributed by atoms with Gasteiger partial charge in [-0.05, 0) is 61.6 Å². The number of rotatable bonds is 9. The van der Waals surface area contributed by atoms with Crippen LogP contribution in [0.1, 0.15) is 93.5 Å². The van der Waals surface area contributed by atoms with Gasteiger partial charge in [-0.15, -0.1) is 10.2 Å². The molecule has 4 rings (SSSR count). The largest absolute Gasteiger partial charge is 0.312 e. The summed E-state index contributed by atoms with van der Waals surface area (Å²) in [5.41, 5.74) is 2.49. The van der Waals surface area contributed by atoms with Crippen LogP contribution in [0.5, 0.6) is 0 Å². The van der Waals surface area contributed by atoms with Crippen molar-refractivity contribution in [2.24, 2.45) is 5.41 Å². The van der Waals surface area contributed by atoms with Crippen molar-refractivity contribution in [2.75, 3.05) is 0 Å². The Hall–Kier alpha value is -1.68. The van der Waals surface area contributed by atoms with Crippen molar-refractivity contribution < 1.29 is 4.79 Å². The van der Waals surface area contributed by atoms with Crippen LogP contribution in [0.25, 0.3) is 0 Å². The van der Waals surface area contributed by atoms with E-state index in [1.165, 1.54) is 51.4 Å². The van der Waals surface area contributed by atoms with Gasteiger partial charge in [0.25, 0.3) is 0 Å². The summed E-state index contributed by atoms with van der Waals surface area (Å²) in [5, 5.41) is 9.81. The molecule has 0 unspecified atom stereocenters. The predicted octanol–water partition coefficient (Wildman–Crippen LogP) is 6.22. The number of ketones is 1. The van der Waals surface area contributed by atoms with Gasteiger partial charge in [-0.25, -0.2) is 0 Å². The van der Waals surface area contributed by atoms with Gasteiger partial charge in [0.15, 0.2) is 0 Å². The van der Waals surface area contributed by atoms with E-state index in [1.807, 2.05) is 25.1 Å². The molecule has 1 heterocycles. The van der Waals surface area contributed by atoms with Crippen molar-refractivity contribution >= 4 is 17.4 Å². The lowest BCUT2D eigenvalue weighted by molar-refractivity contribution is -0.118. The van der Waals surface area contributed by atoms with Crippen LogP contribution in [0.4, 0.5) is 0 Å². The molecule has 2 aromatic rings. The number of carbonyl (C=O) groups is 1. The molecule has 0 bridgehead atoms. The molecule has 2 fully saturated rings. The van der Waals surface area contributed by atoms with Gasteiger partial charge < -0.3 is 4.57 Å². The second-order valence-electron chi connectivity index (χ2n) is 9.74. The lowest BCUT2D eigenvalue weighted by Crippen LogP contribution is -2.21. The Morgan fingerprint density at radius 2 is 1.83 bits per heavy atom. The second kappa shape index (κ2) is 9.21. The van der Waals surface area contributed by atoms with E-state index < -0.39 is 0 Å². The highest BCUT2D eigenvalue weighted by atomic mass is 35.5. The highest BCUT2D eigenvalue weighted by Gasteiger charge is 2.31. The number of aromatic nitrogens is 3. The zero-order valence-corrected chi connectivity index (χ0v) is 19.2. The molecule has 1 aromatic heterocycles. The third-order valence-electron chi connectivity index (χ3n) is 7.16. The van der Waals surface area contributed by atoms with Crippen molar-refractivity contribution in [2.45, 2.75) is 96.9 Å². The van der Waals surface area contributed by atoms with Crippen LogP contribution in [0.3, 0.4) is 0 Å². The molecule has 0 atom stereocenters. The Bertz CT molecular complexity index is 894. The van der Waals surface area contributed by atoms with E-state index in [0.717, 1.165) is 34.2 Å². The average molecular weight is 428 g/mol. The number of carbonyl (C=O) groups excluding carboxylic acids is 1. The fourth-order valence-corrected chi connectivity index (χ4v) is 5.11. The first-order valence-corrected chi connectivity index (χ1v) is 12.0. The molecule has 2 saturated carbocycles. The fourth-order valence-electron chi connectivity index (χ4n) is 4.92. The Balaban J connectivity index is 1.37. The van der Waals surface area contributed by atoms with E-state index >= 15 is 0 Å². The van der Waals surface area contributed by atoms with Crippen molar-refractivity contribution in [3.05, 3.63) is 46.0 Å². The van der Waals surface area contributed by atoms with Crippen LogP contribution in [-0.2, 0) is 24.1 Å². The summed E-state index contributed by atoms with van der Waals surface area (Å²) < 4.78 is 2.37. The second-order valence-corrected chi connectivity index (χ2v) is 10.2. The number of hydrogen-bond donors (Lipinski definition) is 0. The van der Waals surface area contributed by atoms with Crippen molar-refractivity contribution in [3.8, 4) is 0 Å². The number of benzene rings is 1. The lowest BCUT2D eigenvalue weighted by atomic mass is 9.73. The van der Waals surface area contributed by atoms with Gasteiger partial charge >= 0.3 is 0 Å². The van der Waals surface area contributed by atoms with Crippen LogP contribution in [0.2, 0.25) is 5.02 Å². The van der Waals surface area contributed by atoms with E-state index in [0.29, 0.717) is 30.7 Å². The van der Waals surface area contributed by atoms with Crippen molar-refractivity contribution in [3.63, 3.8) is 0 Å². The fraction of sp³-hybridized carbons (Fsp3) is 0.640. The minimum absolute atomic E-state index is 0.238. The monoisotopic (exact) mass is 427 g/mol. The quantitative estimate of drug-likeness (QED) is 0.477. The highest BCUT2D eigenvalue weighted by molar-refractivity contribution is 6.31. The van der Waals surface area contributed by atoms with Gasteiger partial charge in [0.2, 0.25) is 0 Å². The minimum Gasteiger partial charge on any atom is -0.312 e. The summed E-state index contributed by atoms with van der Waals surface area (Å²) in [7, 11) is 0. The van der Waals surface area contributed by atoms with Gasteiger partial charge in [0.05, 0.1) is 0 Å². The van der Waals surface area contributed by atoms with E-state index in [4.69, 9.17) is 11.6 Å². The molecule has 0 saturated heterocycles. The molecular weight excluding hydrogens is 394 g/mol. The van der Waals surface area contributed by atoms with Crippen LogP contribution < -0.4 is 0 Å². The molecule has 5 heteroatoms. The van der Waals surface area contributed by atoms with E-state index in [1.54, 1.807) is 0 Å². The molecule has 0 amide bonds. The SMILES string of the molecule is Cc1c(Cl)cccc1CC(=O)CCc1nnc(CCC2(C)CCCCC2)n1C1CC1. The number of nitrogens with zero attached hydrogens (tertiary/aromatic N) is 3. The van der Waals surface area contributed by atoms with Gasteiger partial charge in [-0.2, -0.15) is 0 Å². The van der Waals surface area contributed by atoms with Crippen molar-refractivity contribution in [1.82, 2.24) is 14.8 Å². The third-order valence-corrected chi connectivity index (χ3v) is 7.57. The number of halogens is 1. The van der Waals surface area contributed by atoms with E-state index in [2.05, 4.69) is 21.7 Å². The Labute approximate surface area is 185 Å². The van der Waals surface area contributed by atoms with E-state index in [-0.39, 0.29) is 5.78 Å². The highest BCUT2D eigenvalue weighted by Crippen LogP contribution is 2.41. The Morgan fingerprint density at radius 3 is 2.53 bits per heavy atom. The summed E-state index contributed by atoms with van der Waals surface area (Å²) in [5.74, 6) is 2.37. The van der Waals surface area contributed by atoms with Gasteiger partial charge in [-0.3, -0.25) is 4.79 Å². The van der Waals surface area contributed by atoms with Gasteiger partial charge in [-0.1, -0.05) is 49.9 Å². The molecular formula is C25H34ClN3O. The summed E-state index contributed by atoms with van der Waals surface area (Å²) >= 11 is 6.20. The van der Waals surface area contributed by atoms with Crippen LogP contribution in [-0.4, -0.2) is 20.5 Å². The number of hydrogen-bond acceptors (Lipinski definition) is 3. The Kier molecular flexibility index (Phi) is 6.62. The average Bonchev–Trinajstić information content (AvgIpc) is 3.49. The summed E-state index contributed by atoms with van der Waals surface area (Å²) in [6.07, 6.45) is 13.1. The third kappa shape index (κ3) is 5.14. The smallest absolute Gasteiger partial charge is 0.137 e. The molecule has 30 heavy (non-hydrogen) atoms. The maximum atomic E-state index is 12.6. The zero-order chi connectivity index (χ0) is 21.1. The van der Waals surface area contributed by atoms with Gasteiger partial charge in [0, 0.05) is 36.7 Å². The predicted molar refractivity (Wildman–Crippen MR) is 121 cm³/mol. The van der Waals surface area contributed by atoms with Crippen LogP contribution in [0.15, 0.2) is 18.2 Å². The van der Waals surface area contributed by atoms with Crippen LogP contribution in [0, 0.1) is 12.3 Å². The molecule has 2 aliphatic carbocycles.